The molecule has 2 nitrogen and oxygen atoms in total. The molecule has 2 heterocycles. The van der Waals surface area contributed by atoms with E-state index >= 15 is 0 Å². The molecule has 0 amide bonds. The van der Waals surface area contributed by atoms with Crippen molar-refractivity contribution in [1.29, 1.82) is 0 Å². The highest BCUT2D eigenvalue weighted by Gasteiger charge is 2.20. The van der Waals surface area contributed by atoms with Gasteiger partial charge in [-0.3, -0.25) is 0 Å². The van der Waals surface area contributed by atoms with E-state index < -0.39 is 0 Å². The van der Waals surface area contributed by atoms with Gasteiger partial charge in [0.25, 0.3) is 0 Å². The molecule has 0 unspecified atom stereocenters. The monoisotopic (exact) mass is 660 g/mol. The van der Waals surface area contributed by atoms with E-state index in [1.54, 1.807) is 0 Å². The summed E-state index contributed by atoms with van der Waals surface area (Å²) >= 11 is 0. The number of para-hydroxylation sites is 1. The van der Waals surface area contributed by atoms with Crippen LogP contribution in [0.15, 0.2) is 179 Å². The fraction of sp³-hybridized carbons (Fsp3) is 0. The molecule has 0 atom stereocenters. The predicted octanol–water partition coefficient (Wildman–Crippen LogP) is 14.6. The van der Waals surface area contributed by atoms with Crippen LogP contribution in [0.4, 0.5) is 0 Å². The lowest BCUT2D eigenvalue weighted by Crippen LogP contribution is -1.91. The van der Waals surface area contributed by atoms with Crippen LogP contribution in [0.1, 0.15) is 0 Å². The van der Waals surface area contributed by atoms with Gasteiger partial charge in [-0.1, -0.05) is 133 Å². The summed E-state index contributed by atoms with van der Waals surface area (Å²) in [5, 5.41) is 17.1. The Morgan fingerprint density at radius 2 is 0.577 bits per heavy atom. The topological polar surface area (TPSA) is 26.3 Å². The van der Waals surface area contributed by atoms with Crippen molar-refractivity contribution in [1.82, 2.24) is 0 Å². The molecule has 0 N–H and O–H groups in total. The molecule has 240 valence electrons. The molecule has 0 aliphatic carbocycles. The first-order chi connectivity index (χ1) is 25.8. The lowest BCUT2D eigenvalue weighted by atomic mass is 9.84. The minimum absolute atomic E-state index is 0.834. The maximum atomic E-state index is 6.43. The molecular weight excluding hydrogens is 633 g/mol. The molecule has 52 heavy (non-hydrogen) atoms. The molecule has 12 rings (SSSR count). The highest BCUT2D eigenvalue weighted by molar-refractivity contribution is 6.27. The maximum absolute atomic E-state index is 6.43. The van der Waals surface area contributed by atoms with Gasteiger partial charge >= 0.3 is 0 Å². The summed E-state index contributed by atoms with van der Waals surface area (Å²) in [5.41, 5.74) is 8.33. The van der Waals surface area contributed by atoms with E-state index in [9.17, 15) is 0 Å². The van der Waals surface area contributed by atoms with Crippen LogP contribution in [-0.2, 0) is 0 Å². The summed E-state index contributed by atoms with van der Waals surface area (Å²) < 4.78 is 12.6. The highest BCUT2D eigenvalue weighted by atomic mass is 16.3. The van der Waals surface area contributed by atoms with E-state index in [0.717, 1.165) is 43.9 Å². The van der Waals surface area contributed by atoms with Gasteiger partial charge in [0.1, 0.15) is 22.3 Å². The first-order valence-corrected chi connectivity index (χ1v) is 17.8. The average Bonchev–Trinajstić information content (AvgIpc) is 3.75. The molecule has 0 aliphatic heterocycles. The summed E-state index contributed by atoms with van der Waals surface area (Å²) in [7, 11) is 0. The molecule has 10 aromatic carbocycles. The molecule has 0 saturated carbocycles. The third-order valence-electron chi connectivity index (χ3n) is 11.2. The number of fused-ring (bicyclic) bond motifs is 14. The van der Waals surface area contributed by atoms with Crippen molar-refractivity contribution < 1.29 is 8.83 Å². The number of benzene rings is 10. The first-order valence-electron chi connectivity index (χ1n) is 17.8. The molecule has 0 spiro atoms. The zero-order valence-electron chi connectivity index (χ0n) is 28.0. The van der Waals surface area contributed by atoms with Crippen LogP contribution in [0.25, 0.3) is 120 Å². The van der Waals surface area contributed by atoms with Crippen molar-refractivity contribution in [3.05, 3.63) is 170 Å². The second-order valence-electron chi connectivity index (χ2n) is 13.9. The molecule has 12 aromatic rings. The van der Waals surface area contributed by atoms with E-state index in [0.29, 0.717) is 0 Å². The number of furan rings is 2. The van der Waals surface area contributed by atoms with Crippen molar-refractivity contribution >= 4 is 97.7 Å². The van der Waals surface area contributed by atoms with Gasteiger partial charge in [0.2, 0.25) is 0 Å². The van der Waals surface area contributed by atoms with Gasteiger partial charge in [0.05, 0.1) is 0 Å². The Bertz CT molecular complexity index is 3380. The van der Waals surface area contributed by atoms with Gasteiger partial charge in [0, 0.05) is 27.6 Å². The summed E-state index contributed by atoms with van der Waals surface area (Å²) in [6, 6.07) is 61.6. The minimum atomic E-state index is 0.834. The Kier molecular flexibility index (Phi) is 5.53. The Balaban J connectivity index is 1.13. The molecule has 0 radical (unpaired) electrons. The molecule has 2 aromatic heterocycles. The van der Waals surface area contributed by atoms with Gasteiger partial charge in [0.15, 0.2) is 0 Å². The summed E-state index contributed by atoms with van der Waals surface area (Å²) in [4.78, 5) is 0. The van der Waals surface area contributed by atoms with Crippen LogP contribution in [-0.4, -0.2) is 0 Å². The van der Waals surface area contributed by atoms with Crippen LogP contribution in [0, 0.1) is 0 Å². The molecule has 0 bridgehead atoms. The molecule has 0 aliphatic rings. The van der Waals surface area contributed by atoms with Gasteiger partial charge in [-0.25, -0.2) is 0 Å². The number of rotatable bonds is 2. The molecule has 0 fully saturated rings. The van der Waals surface area contributed by atoms with Crippen LogP contribution in [0.5, 0.6) is 0 Å². The fourth-order valence-corrected chi connectivity index (χ4v) is 8.96. The third kappa shape index (κ3) is 3.78. The Morgan fingerprint density at radius 1 is 0.212 bits per heavy atom. The Hall–Kier alpha value is -6.90. The number of hydrogen-bond acceptors (Lipinski definition) is 2. The second kappa shape index (κ2) is 10.3. The zero-order chi connectivity index (χ0) is 33.9. The van der Waals surface area contributed by atoms with E-state index in [4.69, 9.17) is 8.83 Å². The lowest BCUT2D eigenvalue weighted by molar-refractivity contribution is 0.656. The van der Waals surface area contributed by atoms with E-state index in [2.05, 4.69) is 152 Å². The van der Waals surface area contributed by atoms with Gasteiger partial charge in [-0.05, 0) is 106 Å². The first kappa shape index (κ1) is 27.9. The lowest BCUT2D eigenvalue weighted by Gasteiger charge is -2.18. The van der Waals surface area contributed by atoms with E-state index in [1.807, 2.05) is 18.2 Å². The van der Waals surface area contributed by atoms with Crippen LogP contribution in [0.2, 0.25) is 0 Å². The SMILES string of the molecule is c1ccc2c(c1)oc1cc3oc4ccc(-c5c6ccccc6c(-c6ccc7c8ccccc8c8ccccc8c7c6)c6ccccc56)cc4c3cc12. The quantitative estimate of drug-likeness (QED) is 0.136. The van der Waals surface area contributed by atoms with Gasteiger partial charge in [-0.2, -0.15) is 0 Å². The third-order valence-corrected chi connectivity index (χ3v) is 11.2. The number of hydrogen-bond donors (Lipinski definition) is 0. The predicted molar refractivity (Wildman–Crippen MR) is 219 cm³/mol. The molecular formula is C50H28O2. The second-order valence-corrected chi connectivity index (χ2v) is 13.9. The largest absolute Gasteiger partial charge is 0.456 e. The summed E-state index contributed by atoms with van der Waals surface area (Å²) in [5.74, 6) is 0. The van der Waals surface area contributed by atoms with Crippen molar-refractivity contribution in [3.8, 4) is 22.3 Å². The summed E-state index contributed by atoms with van der Waals surface area (Å²) in [6.07, 6.45) is 0. The van der Waals surface area contributed by atoms with Crippen LogP contribution < -0.4 is 0 Å². The fourth-order valence-electron chi connectivity index (χ4n) is 8.96. The smallest absolute Gasteiger partial charge is 0.139 e. The molecule has 0 saturated heterocycles. The maximum Gasteiger partial charge on any atom is 0.139 e. The Labute approximate surface area is 297 Å². The minimum Gasteiger partial charge on any atom is -0.456 e. The van der Waals surface area contributed by atoms with Crippen LogP contribution >= 0.6 is 0 Å². The standard InChI is InChI=1S/C50H28O2/c1-2-13-33-31(11-1)32-12-3-4-14-34(32)41-25-29(21-23-35(33)41)49-37-16-5-7-18-39(37)50(40-19-8-6-17-38(40)49)30-22-24-46-42(26-30)44-27-43-36-15-9-10-20-45(36)51-47(43)28-48(44)52-46/h1-28H. The van der Waals surface area contributed by atoms with Crippen molar-refractivity contribution in [2.45, 2.75) is 0 Å². The van der Waals surface area contributed by atoms with Gasteiger partial charge in [-0.15, -0.1) is 0 Å². The van der Waals surface area contributed by atoms with Crippen molar-refractivity contribution in [2.75, 3.05) is 0 Å². The van der Waals surface area contributed by atoms with Crippen LogP contribution in [0.3, 0.4) is 0 Å². The van der Waals surface area contributed by atoms with Crippen molar-refractivity contribution in [3.63, 3.8) is 0 Å². The van der Waals surface area contributed by atoms with E-state index in [1.165, 1.54) is 76.1 Å². The highest BCUT2D eigenvalue weighted by Crippen LogP contribution is 2.46. The Morgan fingerprint density at radius 3 is 1.13 bits per heavy atom. The van der Waals surface area contributed by atoms with Gasteiger partial charge < -0.3 is 8.83 Å². The normalized spacial score (nSPS) is 12.2. The zero-order valence-corrected chi connectivity index (χ0v) is 28.0. The van der Waals surface area contributed by atoms with Crippen molar-refractivity contribution in [2.24, 2.45) is 0 Å². The molecule has 2 heteroatoms. The average molecular weight is 661 g/mol. The summed E-state index contributed by atoms with van der Waals surface area (Å²) in [6.45, 7) is 0. The van der Waals surface area contributed by atoms with E-state index in [-0.39, 0.29) is 0 Å².